The number of benzene rings is 1. The molecule has 0 aliphatic heterocycles. The first kappa shape index (κ1) is 14.0. The molecule has 0 atom stereocenters. The summed E-state index contributed by atoms with van der Waals surface area (Å²) in [6.45, 7) is 0.391. The van der Waals surface area contributed by atoms with Gasteiger partial charge in [-0.15, -0.1) is 0 Å². The van der Waals surface area contributed by atoms with Crippen molar-refractivity contribution in [1.29, 1.82) is 0 Å². The van der Waals surface area contributed by atoms with Gasteiger partial charge in [-0.05, 0) is 17.7 Å². The molecule has 6 heteroatoms. The quantitative estimate of drug-likeness (QED) is 0.572. The lowest BCUT2D eigenvalue weighted by Crippen LogP contribution is -2.29. The van der Waals surface area contributed by atoms with E-state index in [0.717, 1.165) is 5.56 Å². The molecule has 1 aromatic carbocycles. The van der Waals surface area contributed by atoms with E-state index in [4.69, 9.17) is 10.5 Å². The van der Waals surface area contributed by atoms with E-state index >= 15 is 0 Å². The largest absolute Gasteiger partial charge is 0.508 e. The van der Waals surface area contributed by atoms with Crippen LogP contribution in [0, 0.1) is 0 Å². The Morgan fingerprint density at radius 3 is 2.83 bits per heavy atom. The van der Waals surface area contributed by atoms with Gasteiger partial charge in [-0.1, -0.05) is 12.1 Å². The number of phenols is 1. The highest BCUT2D eigenvalue weighted by Crippen LogP contribution is 2.10. The first-order chi connectivity index (χ1) is 8.58. The summed E-state index contributed by atoms with van der Waals surface area (Å²) in [5, 5.41) is 11.9. The molecule has 6 nitrogen and oxygen atoms in total. The van der Waals surface area contributed by atoms with Gasteiger partial charge >= 0.3 is 0 Å². The molecule has 2 amide bonds. The lowest BCUT2D eigenvalue weighted by atomic mass is 10.1. The summed E-state index contributed by atoms with van der Waals surface area (Å²) in [4.78, 5) is 21.8. The first-order valence-electron chi connectivity index (χ1n) is 5.48. The fourth-order valence-corrected chi connectivity index (χ4v) is 1.35. The number of carbonyl (C=O) groups is 2. The van der Waals surface area contributed by atoms with Gasteiger partial charge in [-0.3, -0.25) is 9.59 Å². The Bertz CT molecular complexity index is 420. The van der Waals surface area contributed by atoms with Gasteiger partial charge in [-0.2, -0.15) is 0 Å². The van der Waals surface area contributed by atoms with Crippen molar-refractivity contribution < 1.29 is 19.4 Å². The summed E-state index contributed by atoms with van der Waals surface area (Å²) < 4.78 is 4.89. The van der Waals surface area contributed by atoms with Crippen LogP contribution in [-0.4, -0.2) is 36.7 Å². The van der Waals surface area contributed by atoms with E-state index in [2.05, 4.69) is 5.32 Å². The highest BCUT2D eigenvalue weighted by molar-refractivity contribution is 5.78. The van der Waals surface area contributed by atoms with Gasteiger partial charge in [0, 0.05) is 6.54 Å². The zero-order valence-corrected chi connectivity index (χ0v) is 9.89. The summed E-state index contributed by atoms with van der Waals surface area (Å²) >= 11 is 0. The first-order valence-corrected chi connectivity index (χ1v) is 5.48. The van der Waals surface area contributed by atoms with Crippen LogP contribution < -0.4 is 11.1 Å². The van der Waals surface area contributed by atoms with Crippen LogP contribution in [0.25, 0.3) is 0 Å². The summed E-state index contributed by atoms with van der Waals surface area (Å²) in [7, 11) is 0. The minimum absolute atomic E-state index is 0.130. The zero-order chi connectivity index (χ0) is 13.4. The van der Waals surface area contributed by atoms with E-state index in [1.54, 1.807) is 18.2 Å². The van der Waals surface area contributed by atoms with Crippen molar-refractivity contribution in [1.82, 2.24) is 5.32 Å². The maximum atomic E-state index is 11.5. The van der Waals surface area contributed by atoms with Crippen molar-refractivity contribution in [2.45, 2.75) is 6.42 Å². The molecule has 0 saturated heterocycles. The molecule has 0 aliphatic rings. The Hall–Kier alpha value is -2.08. The summed E-state index contributed by atoms with van der Waals surface area (Å²) in [5.74, 6) is -0.588. The maximum absolute atomic E-state index is 11.5. The van der Waals surface area contributed by atoms with Gasteiger partial charge in [0.2, 0.25) is 11.8 Å². The number of ether oxygens (including phenoxy) is 1. The summed E-state index contributed by atoms with van der Waals surface area (Å²) in [6.07, 6.45) is 0.185. The minimum atomic E-state index is -0.541. The molecule has 0 heterocycles. The molecular formula is C12H16N2O4. The van der Waals surface area contributed by atoms with Crippen molar-refractivity contribution in [2.75, 3.05) is 19.8 Å². The predicted octanol–water partition coefficient (Wildman–Crippen LogP) is -0.447. The third kappa shape index (κ3) is 5.86. The molecule has 0 spiro atoms. The van der Waals surface area contributed by atoms with Crippen molar-refractivity contribution in [3.63, 3.8) is 0 Å². The molecule has 1 aromatic rings. The summed E-state index contributed by atoms with van der Waals surface area (Å²) in [6, 6.07) is 6.50. The van der Waals surface area contributed by atoms with Crippen molar-refractivity contribution in [3.05, 3.63) is 29.8 Å². The van der Waals surface area contributed by atoms with Gasteiger partial charge < -0.3 is 20.9 Å². The summed E-state index contributed by atoms with van der Waals surface area (Å²) in [5.41, 5.74) is 5.60. The van der Waals surface area contributed by atoms with Gasteiger partial charge in [0.25, 0.3) is 0 Å². The smallest absolute Gasteiger partial charge is 0.243 e. The number of nitrogens with one attached hydrogen (secondary N) is 1. The van der Waals surface area contributed by atoms with Crippen LogP contribution in [0.15, 0.2) is 24.3 Å². The number of rotatable bonds is 7. The van der Waals surface area contributed by atoms with Crippen LogP contribution >= 0.6 is 0 Å². The molecule has 0 bridgehead atoms. The number of hydrogen-bond acceptors (Lipinski definition) is 4. The molecule has 0 fully saturated rings. The zero-order valence-electron chi connectivity index (χ0n) is 9.89. The average Bonchev–Trinajstić information content (AvgIpc) is 2.28. The Morgan fingerprint density at radius 2 is 2.17 bits per heavy atom. The van der Waals surface area contributed by atoms with Crippen LogP contribution in [0.4, 0.5) is 0 Å². The molecule has 0 aliphatic carbocycles. The lowest BCUT2D eigenvalue weighted by Gasteiger charge is -2.05. The van der Waals surface area contributed by atoms with Crippen molar-refractivity contribution in [3.8, 4) is 5.75 Å². The highest BCUT2D eigenvalue weighted by atomic mass is 16.5. The molecular weight excluding hydrogens is 236 g/mol. The van der Waals surface area contributed by atoms with Crippen LogP contribution in [0.3, 0.4) is 0 Å². The highest BCUT2D eigenvalue weighted by Gasteiger charge is 2.03. The molecule has 98 valence electrons. The number of aromatic hydroxyl groups is 1. The fourth-order valence-electron chi connectivity index (χ4n) is 1.35. The molecule has 0 unspecified atom stereocenters. The van der Waals surface area contributed by atoms with Gasteiger partial charge in [0.1, 0.15) is 12.4 Å². The Morgan fingerprint density at radius 1 is 1.39 bits per heavy atom. The third-order valence-corrected chi connectivity index (χ3v) is 2.09. The Labute approximate surface area is 105 Å². The topological polar surface area (TPSA) is 102 Å². The Balaban J connectivity index is 2.20. The average molecular weight is 252 g/mol. The van der Waals surface area contributed by atoms with E-state index in [1.807, 2.05) is 0 Å². The Kier molecular flexibility index (Phi) is 5.66. The standard InChI is InChI=1S/C12H16N2O4/c13-11(16)8-18-5-4-14-12(17)7-9-2-1-3-10(15)6-9/h1-3,6,15H,4-5,7-8H2,(H2,13,16)(H,14,17). The number of phenolic OH excluding ortho intramolecular Hbond substituents is 1. The van der Waals surface area contributed by atoms with Gasteiger partial charge in [-0.25, -0.2) is 0 Å². The maximum Gasteiger partial charge on any atom is 0.243 e. The number of hydrogen-bond donors (Lipinski definition) is 3. The van der Waals surface area contributed by atoms with Crippen LogP contribution in [0.1, 0.15) is 5.56 Å². The van der Waals surface area contributed by atoms with Crippen molar-refractivity contribution >= 4 is 11.8 Å². The fraction of sp³-hybridized carbons (Fsp3) is 0.333. The second-order valence-corrected chi connectivity index (χ2v) is 3.72. The van der Waals surface area contributed by atoms with Crippen LogP contribution in [0.5, 0.6) is 5.75 Å². The van der Waals surface area contributed by atoms with Crippen molar-refractivity contribution in [2.24, 2.45) is 5.73 Å². The molecule has 18 heavy (non-hydrogen) atoms. The SMILES string of the molecule is NC(=O)COCCNC(=O)Cc1cccc(O)c1. The predicted molar refractivity (Wildman–Crippen MR) is 64.8 cm³/mol. The second-order valence-electron chi connectivity index (χ2n) is 3.72. The van der Waals surface area contributed by atoms with Gasteiger partial charge in [0.05, 0.1) is 13.0 Å². The van der Waals surface area contributed by atoms with Crippen LogP contribution in [0.2, 0.25) is 0 Å². The van der Waals surface area contributed by atoms with E-state index in [0.29, 0.717) is 6.54 Å². The third-order valence-electron chi connectivity index (χ3n) is 2.09. The molecule has 0 saturated carbocycles. The van der Waals surface area contributed by atoms with E-state index < -0.39 is 5.91 Å². The van der Waals surface area contributed by atoms with E-state index in [9.17, 15) is 14.7 Å². The number of primary amides is 1. The van der Waals surface area contributed by atoms with Crippen LogP contribution in [-0.2, 0) is 20.7 Å². The molecule has 4 N–H and O–H groups in total. The number of carbonyl (C=O) groups excluding carboxylic acids is 2. The number of nitrogens with two attached hydrogens (primary N) is 1. The van der Waals surface area contributed by atoms with E-state index in [1.165, 1.54) is 6.07 Å². The minimum Gasteiger partial charge on any atom is -0.508 e. The molecule has 0 aromatic heterocycles. The number of amides is 2. The van der Waals surface area contributed by atoms with E-state index in [-0.39, 0.29) is 31.3 Å². The monoisotopic (exact) mass is 252 g/mol. The van der Waals surface area contributed by atoms with Gasteiger partial charge in [0.15, 0.2) is 0 Å². The second kappa shape index (κ2) is 7.29. The molecule has 0 radical (unpaired) electrons. The molecule has 1 rings (SSSR count). The lowest BCUT2D eigenvalue weighted by molar-refractivity contribution is -0.122. The normalized spacial score (nSPS) is 10.0.